The molecule has 1 saturated heterocycles. The molecule has 1 amide bonds. The Labute approximate surface area is 134 Å². The van der Waals surface area contributed by atoms with Gasteiger partial charge >= 0.3 is 0 Å². The fourth-order valence-electron chi connectivity index (χ4n) is 2.94. The fraction of sp³-hybridized carbons (Fsp3) is 0.438. The van der Waals surface area contributed by atoms with Gasteiger partial charge in [0.25, 0.3) is 5.91 Å². The lowest BCUT2D eigenvalue weighted by molar-refractivity contribution is 0.0698. The maximum absolute atomic E-state index is 12.5. The highest BCUT2D eigenvalue weighted by Gasteiger charge is 2.28. The molecule has 0 radical (unpaired) electrons. The van der Waals surface area contributed by atoms with E-state index in [1.165, 1.54) is 12.4 Å². The van der Waals surface area contributed by atoms with Gasteiger partial charge in [-0.15, -0.1) is 0 Å². The van der Waals surface area contributed by atoms with Crippen LogP contribution in [0, 0.1) is 6.92 Å². The molecule has 2 aromatic rings. The van der Waals surface area contributed by atoms with Crippen LogP contribution in [0.2, 0.25) is 0 Å². The van der Waals surface area contributed by atoms with Crippen molar-refractivity contribution >= 4 is 5.91 Å². The van der Waals surface area contributed by atoms with E-state index in [-0.39, 0.29) is 18.4 Å². The summed E-state index contributed by atoms with van der Waals surface area (Å²) in [6.45, 7) is 3.00. The first-order valence-electron chi connectivity index (χ1n) is 7.67. The smallest absolute Gasteiger partial charge is 0.274 e. The van der Waals surface area contributed by atoms with E-state index in [9.17, 15) is 9.90 Å². The van der Waals surface area contributed by atoms with Crippen LogP contribution in [-0.2, 0) is 6.61 Å². The summed E-state index contributed by atoms with van der Waals surface area (Å²) in [7, 11) is 0. The maximum Gasteiger partial charge on any atom is 0.274 e. The molecular weight excluding hydrogens is 294 g/mol. The average Bonchev–Trinajstić information content (AvgIpc) is 2.62. The van der Waals surface area contributed by atoms with Crippen LogP contribution >= 0.6 is 0 Å². The number of rotatable bonds is 3. The first kappa shape index (κ1) is 15.5. The van der Waals surface area contributed by atoms with Gasteiger partial charge in [0.05, 0.1) is 18.5 Å². The summed E-state index contributed by atoms with van der Waals surface area (Å²) in [5.74, 6) is 0.668. The van der Waals surface area contributed by atoms with Crippen LogP contribution in [-0.4, -0.2) is 48.9 Å². The van der Waals surface area contributed by atoms with E-state index in [4.69, 9.17) is 0 Å². The average molecular weight is 313 g/mol. The van der Waals surface area contributed by atoms with E-state index in [1.807, 2.05) is 6.92 Å². The molecule has 0 spiro atoms. The van der Waals surface area contributed by atoms with E-state index in [0.29, 0.717) is 24.6 Å². The maximum atomic E-state index is 12.5. The molecule has 0 aromatic carbocycles. The van der Waals surface area contributed by atoms with Gasteiger partial charge in [-0.3, -0.25) is 9.78 Å². The Kier molecular flexibility index (Phi) is 4.57. The Balaban J connectivity index is 1.81. The number of carbonyl (C=O) groups is 1. The molecule has 0 aliphatic carbocycles. The predicted octanol–water partition coefficient (Wildman–Crippen LogP) is 1.09. The molecule has 120 valence electrons. The number of nitrogens with zero attached hydrogens (tertiary/aromatic N) is 5. The van der Waals surface area contributed by atoms with Crippen LogP contribution in [0.5, 0.6) is 0 Å². The third-order valence-corrected chi connectivity index (χ3v) is 4.07. The van der Waals surface area contributed by atoms with Gasteiger partial charge in [0.2, 0.25) is 0 Å². The zero-order chi connectivity index (χ0) is 16.2. The minimum absolute atomic E-state index is 0.0930. The van der Waals surface area contributed by atoms with Gasteiger partial charge in [-0.1, -0.05) is 0 Å². The van der Waals surface area contributed by atoms with Crippen molar-refractivity contribution in [2.24, 2.45) is 0 Å². The zero-order valence-corrected chi connectivity index (χ0v) is 13.0. The lowest BCUT2D eigenvalue weighted by atomic mass is 9.92. The van der Waals surface area contributed by atoms with Crippen molar-refractivity contribution in [3.8, 4) is 0 Å². The second kappa shape index (κ2) is 6.78. The largest absolute Gasteiger partial charge is 0.392 e. The monoisotopic (exact) mass is 313 g/mol. The zero-order valence-electron chi connectivity index (χ0n) is 13.0. The van der Waals surface area contributed by atoms with Crippen LogP contribution in [0.1, 0.15) is 46.3 Å². The second-order valence-electron chi connectivity index (χ2n) is 5.67. The molecule has 3 rings (SSSR count). The van der Waals surface area contributed by atoms with Gasteiger partial charge in [0.1, 0.15) is 11.5 Å². The van der Waals surface area contributed by atoms with Crippen molar-refractivity contribution in [1.82, 2.24) is 24.8 Å². The van der Waals surface area contributed by atoms with Crippen molar-refractivity contribution < 1.29 is 9.90 Å². The number of piperidine rings is 1. The molecule has 2 aromatic heterocycles. The number of hydrogen-bond donors (Lipinski definition) is 1. The number of aromatic nitrogens is 4. The minimum Gasteiger partial charge on any atom is -0.392 e. The number of hydrogen-bond acceptors (Lipinski definition) is 6. The summed E-state index contributed by atoms with van der Waals surface area (Å²) in [5, 5.41) is 9.51. The van der Waals surface area contributed by atoms with E-state index in [0.717, 1.165) is 24.1 Å². The number of carbonyl (C=O) groups excluding carboxylic acids is 1. The molecule has 7 heteroatoms. The number of aryl methyl sites for hydroxylation is 1. The van der Waals surface area contributed by atoms with Crippen LogP contribution < -0.4 is 0 Å². The topological polar surface area (TPSA) is 92.1 Å². The quantitative estimate of drug-likeness (QED) is 0.912. The van der Waals surface area contributed by atoms with Crippen molar-refractivity contribution in [3.05, 3.63) is 47.6 Å². The molecule has 1 N–H and O–H groups in total. The first-order chi connectivity index (χ1) is 11.2. The molecular formula is C16H19N5O2. The Hall–Kier alpha value is -2.41. The Morgan fingerprint density at radius 1 is 1.35 bits per heavy atom. The standard InChI is InChI=1S/C16H19N5O2/c1-11-19-7-13(10-22)15(20-11)12-3-2-6-21(9-12)16(23)14-8-17-4-5-18-14/h4-5,7-8,12,22H,2-3,6,9-10H2,1H3. The normalized spacial score (nSPS) is 18.0. The van der Waals surface area contributed by atoms with Crippen molar-refractivity contribution in [3.63, 3.8) is 0 Å². The Bertz CT molecular complexity index is 692. The lowest BCUT2D eigenvalue weighted by Gasteiger charge is -2.33. The molecule has 1 unspecified atom stereocenters. The van der Waals surface area contributed by atoms with Crippen LogP contribution in [0.25, 0.3) is 0 Å². The van der Waals surface area contributed by atoms with Gasteiger partial charge < -0.3 is 10.0 Å². The summed E-state index contributed by atoms with van der Waals surface area (Å²) in [5.41, 5.74) is 1.93. The summed E-state index contributed by atoms with van der Waals surface area (Å²) in [6.07, 6.45) is 8.05. The molecule has 0 saturated carbocycles. The highest BCUT2D eigenvalue weighted by atomic mass is 16.3. The van der Waals surface area contributed by atoms with Crippen molar-refractivity contribution in [2.75, 3.05) is 13.1 Å². The Morgan fingerprint density at radius 3 is 2.96 bits per heavy atom. The van der Waals surface area contributed by atoms with Crippen LogP contribution in [0.3, 0.4) is 0 Å². The van der Waals surface area contributed by atoms with E-state index < -0.39 is 0 Å². The highest BCUT2D eigenvalue weighted by molar-refractivity contribution is 5.92. The van der Waals surface area contributed by atoms with Crippen LogP contribution in [0.15, 0.2) is 24.8 Å². The lowest BCUT2D eigenvalue weighted by Crippen LogP contribution is -2.40. The van der Waals surface area contributed by atoms with Gasteiger partial charge in [0.15, 0.2) is 0 Å². The molecule has 7 nitrogen and oxygen atoms in total. The van der Waals surface area contributed by atoms with Gasteiger partial charge in [0, 0.05) is 43.2 Å². The molecule has 1 aliphatic heterocycles. The summed E-state index contributed by atoms with van der Waals surface area (Å²) in [4.78, 5) is 31.0. The van der Waals surface area contributed by atoms with E-state index in [2.05, 4.69) is 19.9 Å². The third-order valence-electron chi connectivity index (χ3n) is 4.07. The molecule has 1 fully saturated rings. The predicted molar refractivity (Wildman–Crippen MR) is 82.6 cm³/mol. The summed E-state index contributed by atoms with van der Waals surface area (Å²) < 4.78 is 0. The SMILES string of the molecule is Cc1ncc(CO)c(C2CCCN(C(=O)c3cnccn3)C2)n1. The number of aliphatic hydroxyl groups is 1. The first-order valence-corrected chi connectivity index (χ1v) is 7.67. The van der Waals surface area contributed by atoms with Gasteiger partial charge in [-0.05, 0) is 19.8 Å². The molecule has 23 heavy (non-hydrogen) atoms. The molecule has 0 bridgehead atoms. The Morgan fingerprint density at radius 2 is 2.22 bits per heavy atom. The number of likely N-dealkylation sites (tertiary alicyclic amines) is 1. The highest BCUT2D eigenvalue weighted by Crippen LogP contribution is 2.28. The molecule has 3 heterocycles. The summed E-state index contributed by atoms with van der Waals surface area (Å²) in [6, 6.07) is 0. The van der Waals surface area contributed by atoms with Crippen molar-refractivity contribution in [1.29, 1.82) is 0 Å². The molecule has 1 aliphatic rings. The minimum atomic E-state index is -0.112. The third kappa shape index (κ3) is 3.34. The number of aliphatic hydroxyl groups excluding tert-OH is 1. The van der Waals surface area contributed by atoms with E-state index >= 15 is 0 Å². The molecule has 1 atom stereocenters. The van der Waals surface area contributed by atoms with E-state index in [1.54, 1.807) is 17.3 Å². The van der Waals surface area contributed by atoms with Crippen LogP contribution in [0.4, 0.5) is 0 Å². The fourth-order valence-corrected chi connectivity index (χ4v) is 2.94. The van der Waals surface area contributed by atoms with Gasteiger partial charge in [-0.2, -0.15) is 0 Å². The number of amides is 1. The second-order valence-corrected chi connectivity index (χ2v) is 5.67. The summed E-state index contributed by atoms with van der Waals surface area (Å²) >= 11 is 0. The van der Waals surface area contributed by atoms with Gasteiger partial charge in [-0.25, -0.2) is 15.0 Å². The van der Waals surface area contributed by atoms with Crippen molar-refractivity contribution in [2.45, 2.75) is 32.3 Å².